The van der Waals surface area contributed by atoms with Crippen LogP contribution >= 0.6 is 0 Å². The van der Waals surface area contributed by atoms with E-state index in [2.05, 4.69) is 20.6 Å². The average molecular weight is 440 g/mol. The Kier molecular flexibility index (Phi) is 6.25. The summed E-state index contributed by atoms with van der Waals surface area (Å²) < 4.78 is 26.5. The zero-order chi connectivity index (χ0) is 22.7. The molecule has 1 fully saturated rings. The molecule has 1 aliphatic heterocycles. The second-order valence-corrected chi connectivity index (χ2v) is 7.43. The van der Waals surface area contributed by atoms with Crippen molar-refractivity contribution in [3.05, 3.63) is 46.3 Å². The molecule has 0 radical (unpaired) electrons. The van der Waals surface area contributed by atoms with Gasteiger partial charge in [-0.15, -0.1) is 0 Å². The van der Waals surface area contributed by atoms with Gasteiger partial charge in [-0.25, -0.2) is 19.2 Å². The summed E-state index contributed by atoms with van der Waals surface area (Å²) in [6, 6.07) is 5.54. The molecule has 11 heteroatoms. The smallest absolute Gasteiger partial charge is 0.387 e. The molecule has 0 aliphatic carbocycles. The van der Waals surface area contributed by atoms with Crippen LogP contribution < -0.4 is 16.4 Å². The number of aryl methyl sites for hydroxylation is 1. The number of hydrogen-bond donors (Lipinski definition) is 2. The van der Waals surface area contributed by atoms with Crippen LogP contribution in [0.25, 0.3) is 22.6 Å². The van der Waals surface area contributed by atoms with E-state index in [1.807, 2.05) is 6.07 Å². The van der Waals surface area contributed by atoms with Gasteiger partial charge in [0, 0.05) is 32.2 Å². The van der Waals surface area contributed by atoms with E-state index in [0.717, 1.165) is 13.0 Å². The van der Waals surface area contributed by atoms with E-state index in [9.17, 15) is 19.2 Å². The molecule has 0 saturated carbocycles. The maximum Gasteiger partial charge on any atom is 0.422 e. The van der Waals surface area contributed by atoms with Crippen molar-refractivity contribution in [3.8, 4) is 17.3 Å². The molecule has 32 heavy (non-hydrogen) atoms. The molecule has 1 amide bonds. The molecule has 1 saturated heterocycles. The molecule has 0 bridgehead atoms. The Morgan fingerprint density at radius 3 is 3.12 bits per heavy atom. The second kappa shape index (κ2) is 9.25. The molecule has 10 nitrogen and oxygen atoms in total. The summed E-state index contributed by atoms with van der Waals surface area (Å²) in [6.07, 6.45) is 1.50. The quantitative estimate of drug-likeness (QED) is 0.591. The number of oxazole rings is 1. The summed E-state index contributed by atoms with van der Waals surface area (Å²) in [7, 11) is 1.50. The summed E-state index contributed by atoms with van der Waals surface area (Å²) in [6.45, 7) is 1.58. The number of nitrogens with one attached hydrogen (secondary N) is 2. The standard InChI is InChI=1S/C21H21FN6O4/c1-28-18-20(32-21(28)30)25-10-16(27-18)13-4-3-12(15(22)8-13)7-14(9-23)26-19(29)17-11-24-5-2-6-31-17/h3-4,8,10,14,17,24H,2,5-7,11H2,1H3,(H,26,29)/t14-,17-/m0/s1. The number of aromatic nitrogens is 3. The number of hydrogen-bond acceptors (Lipinski definition) is 8. The van der Waals surface area contributed by atoms with Crippen LogP contribution in [0.2, 0.25) is 0 Å². The first kappa shape index (κ1) is 21.6. The fourth-order valence-corrected chi connectivity index (χ4v) is 3.40. The van der Waals surface area contributed by atoms with E-state index < -0.39 is 29.6 Å². The lowest BCUT2D eigenvalue weighted by atomic mass is 10.0. The highest BCUT2D eigenvalue weighted by molar-refractivity contribution is 5.81. The van der Waals surface area contributed by atoms with Gasteiger partial charge >= 0.3 is 5.76 Å². The minimum absolute atomic E-state index is 0.00452. The third-order valence-electron chi connectivity index (χ3n) is 5.18. The predicted octanol–water partition coefficient (Wildman–Crippen LogP) is 0.657. The molecule has 0 spiro atoms. The van der Waals surface area contributed by atoms with Crippen LogP contribution in [0.5, 0.6) is 0 Å². The second-order valence-electron chi connectivity index (χ2n) is 7.43. The van der Waals surface area contributed by atoms with Crippen molar-refractivity contribution in [2.24, 2.45) is 7.05 Å². The number of halogens is 1. The van der Waals surface area contributed by atoms with Crippen LogP contribution in [-0.4, -0.2) is 52.3 Å². The Hall–Kier alpha value is -3.62. The topological polar surface area (TPSA) is 135 Å². The van der Waals surface area contributed by atoms with Gasteiger partial charge in [0.2, 0.25) is 5.65 Å². The molecule has 2 aromatic heterocycles. The molecule has 4 rings (SSSR count). The van der Waals surface area contributed by atoms with Gasteiger partial charge in [0.25, 0.3) is 11.6 Å². The van der Waals surface area contributed by atoms with Crippen molar-refractivity contribution in [1.82, 2.24) is 25.2 Å². The van der Waals surface area contributed by atoms with Gasteiger partial charge in [-0.05, 0) is 24.6 Å². The first-order chi connectivity index (χ1) is 15.5. The third-order valence-corrected chi connectivity index (χ3v) is 5.18. The van der Waals surface area contributed by atoms with E-state index >= 15 is 0 Å². The van der Waals surface area contributed by atoms with E-state index in [1.54, 1.807) is 6.07 Å². The van der Waals surface area contributed by atoms with Crippen LogP contribution in [0.3, 0.4) is 0 Å². The van der Waals surface area contributed by atoms with Crippen LogP contribution in [-0.2, 0) is 23.0 Å². The fraction of sp³-hybridized carbons (Fsp3) is 0.381. The number of nitriles is 1. The number of benzene rings is 1. The molecular weight excluding hydrogens is 419 g/mol. The number of fused-ring (bicyclic) bond motifs is 1. The van der Waals surface area contributed by atoms with Crippen molar-refractivity contribution >= 4 is 17.3 Å². The number of carbonyl (C=O) groups excluding carboxylic acids is 1. The van der Waals surface area contributed by atoms with Gasteiger partial charge in [-0.1, -0.05) is 12.1 Å². The summed E-state index contributed by atoms with van der Waals surface area (Å²) in [5.74, 6) is -1.54. The molecule has 2 N–H and O–H groups in total. The lowest BCUT2D eigenvalue weighted by molar-refractivity contribution is -0.132. The molecule has 3 aromatic rings. The van der Waals surface area contributed by atoms with Crippen LogP contribution in [0.15, 0.2) is 33.6 Å². The molecule has 0 unspecified atom stereocenters. The highest BCUT2D eigenvalue weighted by Gasteiger charge is 2.24. The lowest BCUT2D eigenvalue weighted by Gasteiger charge is -2.18. The minimum Gasteiger partial charge on any atom is -0.387 e. The third kappa shape index (κ3) is 4.51. The van der Waals surface area contributed by atoms with Gasteiger partial charge in [-0.2, -0.15) is 5.26 Å². The van der Waals surface area contributed by atoms with Crippen LogP contribution in [0.1, 0.15) is 12.0 Å². The highest BCUT2D eigenvalue weighted by atomic mass is 19.1. The molecule has 2 atom stereocenters. The van der Waals surface area contributed by atoms with Crippen molar-refractivity contribution in [3.63, 3.8) is 0 Å². The van der Waals surface area contributed by atoms with Crippen molar-refractivity contribution in [2.75, 3.05) is 19.7 Å². The summed E-state index contributed by atoms with van der Waals surface area (Å²) >= 11 is 0. The van der Waals surface area contributed by atoms with Crippen molar-refractivity contribution in [2.45, 2.75) is 25.0 Å². The lowest BCUT2D eigenvalue weighted by Crippen LogP contribution is -2.46. The number of nitrogens with zero attached hydrogens (tertiary/aromatic N) is 4. The maximum absolute atomic E-state index is 14.8. The number of amides is 1. The predicted molar refractivity (Wildman–Crippen MR) is 111 cm³/mol. The zero-order valence-corrected chi connectivity index (χ0v) is 17.3. The zero-order valence-electron chi connectivity index (χ0n) is 17.3. The van der Waals surface area contributed by atoms with Crippen molar-refractivity contribution in [1.29, 1.82) is 5.26 Å². The summed E-state index contributed by atoms with van der Waals surface area (Å²) in [5, 5.41) is 15.2. The minimum atomic E-state index is -0.911. The maximum atomic E-state index is 14.8. The van der Waals surface area contributed by atoms with E-state index in [0.29, 0.717) is 24.4 Å². The van der Waals surface area contributed by atoms with Gasteiger partial charge in [0.15, 0.2) is 0 Å². The van der Waals surface area contributed by atoms with Gasteiger partial charge in [0.1, 0.15) is 18.0 Å². The fourth-order valence-electron chi connectivity index (χ4n) is 3.40. The molecule has 1 aliphatic rings. The summed E-state index contributed by atoms with van der Waals surface area (Å²) in [4.78, 5) is 32.4. The highest BCUT2D eigenvalue weighted by Crippen LogP contribution is 2.22. The summed E-state index contributed by atoms with van der Waals surface area (Å²) in [5.41, 5.74) is 1.43. The molecule has 3 heterocycles. The monoisotopic (exact) mass is 440 g/mol. The number of rotatable bonds is 5. The number of carbonyl (C=O) groups is 1. The average Bonchev–Trinajstić information content (AvgIpc) is 2.97. The Labute approximate surface area is 182 Å². The first-order valence-corrected chi connectivity index (χ1v) is 10.1. The van der Waals surface area contributed by atoms with Crippen LogP contribution in [0, 0.1) is 17.1 Å². The largest absolute Gasteiger partial charge is 0.422 e. The van der Waals surface area contributed by atoms with Gasteiger partial charge < -0.3 is 19.8 Å². The molecular formula is C21H21FN6O4. The Bertz CT molecular complexity index is 1240. The van der Waals surface area contributed by atoms with Gasteiger partial charge in [-0.3, -0.25) is 9.36 Å². The van der Waals surface area contributed by atoms with E-state index in [-0.39, 0.29) is 23.3 Å². The molecule has 1 aromatic carbocycles. The first-order valence-electron chi connectivity index (χ1n) is 10.1. The Morgan fingerprint density at radius 2 is 2.34 bits per heavy atom. The normalized spacial score (nSPS) is 17.5. The van der Waals surface area contributed by atoms with Crippen LogP contribution in [0.4, 0.5) is 4.39 Å². The van der Waals surface area contributed by atoms with E-state index in [4.69, 9.17) is 9.15 Å². The number of ether oxygens (including phenoxy) is 1. The van der Waals surface area contributed by atoms with Crippen molar-refractivity contribution < 1.29 is 18.3 Å². The molecule has 166 valence electrons. The van der Waals surface area contributed by atoms with Gasteiger partial charge in [0.05, 0.1) is 18.0 Å². The Morgan fingerprint density at radius 1 is 1.50 bits per heavy atom. The Balaban J connectivity index is 1.49. The van der Waals surface area contributed by atoms with E-state index in [1.165, 1.54) is 29.9 Å². The SMILES string of the molecule is Cn1c(=O)oc2ncc(-c3ccc(C[C@@H](C#N)NC(=O)[C@@H]4CNCCCO4)c(F)c3)nc21.